The maximum absolute atomic E-state index is 12.6. The van der Waals surface area contributed by atoms with Gasteiger partial charge in [-0.2, -0.15) is 0 Å². The normalized spacial score (nSPS) is 10.1. The lowest BCUT2D eigenvalue weighted by Crippen LogP contribution is -2.26. The number of halogens is 2. The number of carbonyl (C=O) groups is 1. The molecule has 25 heavy (non-hydrogen) atoms. The van der Waals surface area contributed by atoms with Crippen LogP contribution in [0.4, 0.5) is 0 Å². The minimum absolute atomic E-state index is 0. The van der Waals surface area contributed by atoms with E-state index in [2.05, 4.69) is 0 Å². The van der Waals surface area contributed by atoms with Gasteiger partial charge in [0.2, 0.25) is 0 Å². The third-order valence-electron chi connectivity index (χ3n) is 3.71. The van der Waals surface area contributed by atoms with Gasteiger partial charge in [0.25, 0.3) is 5.91 Å². The molecule has 0 unspecified atom stereocenters. The van der Waals surface area contributed by atoms with Crippen LogP contribution < -0.4 is 10.5 Å². The van der Waals surface area contributed by atoms with E-state index in [0.29, 0.717) is 30.3 Å². The molecule has 0 aromatic heterocycles. The minimum atomic E-state index is -0.0447. The number of carbonyl (C=O) groups excluding carboxylic acids is 1. The summed E-state index contributed by atoms with van der Waals surface area (Å²) >= 11 is 6.07. The summed E-state index contributed by atoms with van der Waals surface area (Å²) in [4.78, 5) is 14.3. The summed E-state index contributed by atoms with van der Waals surface area (Å²) in [5.74, 6) is 0.705. The van der Waals surface area contributed by atoms with Gasteiger partial charge in [-0.05, 0) is 55.8 Å². The van der Waals surface area contributed by atoms with Crippen LogP contribution in [0.3, 0.4) is 0 Å². The number of hydrogen-bond acceptors (Lipinski definition) is 3. The molecule has 0 bridgehead atoms. The predicted molar refractivity (Wildman–Crippen MR) is 105 cm³/mol. The first-order valence-electron chi connectivity index (χ1n) is 8.00. The maximum atomic E-state index is 12.6. The van der Waals surface area contributed by atoms with Gasteiger partial charge < -0.3 is 15.4 Å². The van der Waals surface area contributed by atoms with Gasteiger partial charge in [-0.25, -0.2) is 0 Å². The highest BCUT2D eigenvalue weighted by Crippen LogP contribution is 2.24. The van der Waals surface area contributed by atoms with E-state index in [4.69, 9.17) is 22.1 Å². The first kappa shape index (κ1) is 21.3. The van der Waals surface area contributed by atoms with Gasteiger partial charge >= 0.3 is 0 Å². The molecule has 2 aromatic carbocycles. The number of ether oxygens (including phenoxy) is 1. The molecular weight excluding hydrogens is 359 g/mol. The Kier molecular flexibility index (Phi) is 8.76. The van der Waals surface area contributed by atoms with E-state index < -0.39 is 0 Å². The number of nitrogens with two attached hydrogens (primary N) is 1. The highest BCUT2D eigenvalue weighted by molar-refractivity contribution is 6.30. The van der Waals surface area contributed by atoms with Gasteiger partial charge in [-0.3, -0.25) is 4.79 Å². The fraction of sp³-hybridized carbons (Fsp3) is 0.316. The molecule has 0 aliphatic heterocycles. The first-order chi connectivity index (χ1) is 11.5. The van der Waals surface area contributed by atoms with Gasteiger partial charge in [0, 0.05) is 29.7 Å². The van der Waals surface area contributed by atoms with E-state index in [1.54, 1.807) is 18.0 Å². The lowest BCUT2D eigenvalue weighted by Gasteiger charge is -2.20. The van der Waals surface area contributed by atoms with Crippen molar-refractivity contribution in [2.75, 3.05) is 20.2 Å². The molecule has 136 valence electrons. The molecule has 1 amide bonds. The largest absolute Gasteiger partial charge is 0.494 e. The summed E-state index contributed by atoms with van der Waals surface area (Å²) in [6, 6.07) is 13.0. The second-order valence-electron chi connectivity index (χ2n) is 5.58. The van der Waals surface area contributed by atoms with E-state index in [0.717, 1.165) is 23.3 Å². The molecule has 0 saturated heterocycles. The Hall–Kier alpha value is -1.75. The summed E-state index contributed by atoms with van der Waals surface area (Å²) in [6.07, 6.45) is 0.810. The second kappa shape index (κ2) is 10.3. The smallest absolute Gasteiger partial charge is 0.253 e. The maximum Gasteiger partial charge on any atom is 0.253 e. The van der Waals surface area contributed by atoms with Crippen molar-refractivity contribution in [3.8, 4) is 5.75 Å². The average Bonchev–Trinajstić information content (AvgIpc) is 2.58. The van der Waals surface area contributed by atoms with Crippen LogP contribution in [0.5, 0.6) is 5.75 Å². The summed E-state index contributed by atoms with van der Waals surface area (Å²) in [5.41, 5.74) is 8.22. The Morgan fingerprint density at radius 2 is 1.88 bits per heavy atom. The molecule has 0 spiro atoms. The van der Waals surface area contributed by atoms with Crippen LogP contribution in [0, 0.1) is 0 Å². The molecule has 2 N–H and O–H groups in total. The summed E-state index contributed by atoms with van der Waals surface area (Å²) in [5, 5.41) is 0.625. The standard InChI is InChI=1S/C19H23ClN2O2.ClH/c1-3-24-18-9-8-17(20)12-16(18)13-22(2)19(23)15-6-4-14(5-7-15)10-11-21;/h4-9,12H,3,10-11,13,21H2,1-2H3;1H. The molecule has 2 rings (SSSR count). The van der Waals surface area contributed by atoms with E-state index in [1.807, 2.05) is 43.3 Å². The van der Waals surface area contributed by atoms with E-state index in [9.17, 15) is 4.79 Å². The van der Waals surface area contributed by atoms with Crippen molar-refractivity contribution in [3.05, 3.63) is 64.2 Å². The van der Waals surface area contributed by atoms with Crippen molar-refractivity contribution >= 4 is 29.9 Å². The highest BCUT2D eigenvalue weighted by atomic mass is 35.5. The minimum Gasteiger partial charge on any atom is -0.494 e. The van der Waals surface area contributed by atoms with Crippen molar-refractivity contribution in [3.63, 3.8) is 0 Å². The predicted octanol–water partition coefficient (Wildman–Crippen LogP) is 3.93. The van der Waals surface area contributed by atoms with Crippen LogP contribution in [0.1, 0.15) is 28.4 Å². The molecule has 0 saturated carbocycles. The third kappa shape index (κ3) is 5.92. The molecule has 6 heteroatoms. The van der Waals surface area contributed by atoms with Gasteiger partial charge in [0.05, 0.1) is 6.61 Å². The summed E-state index contributed by atoms with van der Waals surface area (Å²) < 4.78 is 5.61. The zero-order valence-corrected chi connectivity index (χ0v) is 16.1. The van der Waals surface area contributed by atoms with E-state index in [-0.39, 0.29) is 18.3 Å². The molecule has 0 radical (unpaired) electrons. The van der Waals surface area contributed by atoms with Crippen molar-refractivity contribution in [2.24, 2.45) is 5.73 Å². The molecule has 0 heterocycles. The van der Waals surface area contributed by atoms with Crippen LogP contribution in [0.2, 0.25) is 5.02 Å². The molecule has 0 fully saturated rings. The molecule has 0 aliphatic carbocycles. The van der Waals surface area contributed by atoms with Crippen LogP contribution in [-0.2, 0) is 13.0 Å². The number of amides is 1. The van der Waals surface area contributed by atoms with Gasteiger partial charge in [-0.1, -0.05) is 23.7 Å². The number of nitrogens with zero attached hydrogens (tertiary/aromatic N) is 1. The van der Waals surface area contributed by atoms with Crippen molar-refractivity contribution in [1.82, 2.24) is 4.90 Å². The monoisotopic (exact) mass is 382 g/mol. The SMILES string of the molecule is CCOc1ccc(Cl)cc1CN(C)C(=O)c1ccc(CCN)cc1.Cl. The topological polar surface area (TPSA) is 55.6 Å². The Morgan fingerprint density at radius 1 is 1.20 bits per heavy atom. The van der Waals surface area contributed by atoms with Crippen LogP contribution in [0.15, 0.2) is 42.5 Å². The van der Waals surface area contributed by atoms with Crippen molar-refractivity contribution < 1.29 is 9.53 Å². The Morgan fingerprint density at radius 3 is 2.48 bits per heavy atom. The van der Waals surface area contributed by atoms with Gasteiger partial charge in [0.1, 0.15) is 5.75 Å². The molecule has 0 atom stereocenters. The van der Waals surface area contributed by atoms with Crippen molar-refractivity contribution in [1.29, 1.82) is 0 Å². The van der Waals surface area contributed by atoms with Crippen LogP contribution >= 0.6 is 24.0 Å². The zero-order valence-electron chi connectivity index (χ0n) is 14.5. The Bertz CT molecular complexity index is 690. The third-order valence-corrected chi connectivity index (χ3v) is 3.95. The quantitative estimate of drug-likeness (QED) is 0.788. The molecule has 0 aliphatic rings. The lowest BCUT2D eigenvalue weighted by molar-refractivity contribution is 0.0784. The summed E-state index contributed by atoms with van der Waals surface area (Å²) in [6.45, 7) is 3.52. The van der Waals surface area contributed by atoms with Crippen LogP contribution in [-0.4, -0.2) is 31.0 Å². The molecule has 4 nitrogen and oxygen atoms in total. The first-order valence-corrected chi connectivity index (χ1v) is 8.38. The average molecular weight is 383 g/mol. The number of rotatable bonds is 7. The van der Waals surface area contributed by atoms with Crippen molar-refractivity contribution in [2.45, 2.75) is 19.9 Å². The lowest BCUT2D eigenvalue weighted by atomic mass is 10.1. The Balaban J connectivity index is 0.00000312. The molecule has 2 aromatic rings. The fourth-order valence-electron chi connectivity index (χ4n) is 2.50. The Labute approximate surface area is 160 Å². The van der Waals surface area contributed by atoms with E-state index >= 15 is 0 Å². The second-order valence-corrected chi connectivity index (χ2v) is 6.02. The van der Waals surface area contributed by atoms with Crippen LogP contribution in [0.25, 0.3) is 0 Å². The van der Waals surface area contributed by atoms with Gasteiger partial charge in [0.15, 0.2) is 0 Å². The fourth-order valence-corrected chi connectivity index (χ4v) is 2.69. The number of hydrogen-bond donors (Lipinski definition) is 1. The highest BCUT2D eigenvalue weighted by Gasteiger charge is 2.14. The summed E-state index contributed by atoms with van der Waals surface area (Å²) in [7, 11) is 1.77. The zero-order chi connectivity index (χ0) is 17.5. The van der Waals surface area contributed by atoms with E-state index in [1.165, 1.54) is 0 Å². The van der Waals surface area contributed by atoms with Gasteiger partial charge in [-0.15, -0.1) is 12.4 Å². The number of benzene rings is 2. The molecular formula is C19H24Cl2N2O2.